The van der Waals surface area contributed by atoms with Gasteiger partial charge in [0.2, 0.25) is 5.89 Å². The van der Waals surface area contributed by atoms with Gasteiger partial charge in [-0.15, -0.1) is 0 Å². The first kappa shape index (κ1) is 15.4. The Hall–Kier alpha value is -2.17. The van der Waals surface area contributed by atoms with Crippen molar-refractivity contribution in [1.82, 2.24) is 4.98 Å². The number of aromatic nitrogens is 1. The molecule has 0 unspecified atom stereocenters. The summed E-state index contributed by atoms with van der Waals surface area (Å²) in [5.74, 6) is 0.655. The summed E-state index contributed by atoms with van der Waals surface area (Å²) in [7, 11) is 0. The summed E-state index contributed by atoms with van der Waals surface area (Å²) < 4.78 is 11.8. The van der Waals surface area contributed by atoms with Gasteiger partial charge < -0.3 is 14.9 Å². The molecule has 1 aromatic heterocycles. The standard InChI is InChI=1S/C20H22N2O2/c21-16-4-3-5-17(12-16)23-13-14-8-10-15(11-9-14)20-22-18-6-1-2-7-19(18)24-20/h1-2,6-11,16-17H,3-5,12-13,21H2/t16-,17+/m1/s1. The molecule has 1 heterocycles. The van der Waals surface area contributed by atoms with Crippen LogP contribution >= 0.6 is 0 Å². The van der Waals surface area contributed by atoms with Crippen LogP contribution in [0.1, 0.15) is 31.2 Å². The molecule has 2 atom stereocenters. The highest BCUT2D eigenvalue weighted by Gasteiger charge is 2.19. The van der Waals surface area contributed by atoms with Crippen molar-refractivity contribution >= 4 is 11.1 Å². The van der Waals surface area contributed by atoms with E-state index in [-0.39, 0.29) is 0 Å². The number of rotatable bonds is 4. The van der Waals surface area contributed by atoms with Crippen LogP contribution in [0.4, 0.5) is 0 Å². The minimum Gasteiger partial charge on any atom is -0.436 e. The molecule has 0 aliphatic heterocycles. The lowest BCUT2D eigenvalue weighted by Crippen LogP contribution is -2.32. The van der Waals surface area contributed by atoms with Crippen molar-refractivity contribution in [3.8, 4) is 11.5 Å². The SMILES string of the molecule is N[C@@H]1CCC[C@H](OCc2ccc(-c3nc4ccccc4o3)cc2)C1. The highest BCUT2D eigenvalue weighted by molar-refractivity contribution is 5.75. The number of ether oxygens (including phenoxy) is 1. The summed E-state index contributed by atoms with van der Waals surface area (Å²) >= 11 is 0. The van der Waals surface area contributed by atoms with E-state index in [1.54, 1.807) is 0 Å². The molecule has 124 valence electrons. The first-order chi connectivity index (χ1) is 11.8. The predicted molar refractivity (Wildman–Crippen MR) is 94.5 cm³/mol. The van der Waals surface area contributed by atoms with Crippen LogP contribution in [0, 0.1) is 0 Å². The molecule has 3 aromatic rings. The number of oxazole rings is 1. The Kier molecular flexibility index (Phi) is 4.32. The van der Waals surface area contributed by atoms with E-state index < -0.39 is 0 Å². The van der Waals surface area contributed by atoms with E-state index >= 15 is 0 Å². The van der Waals surface area contributed by atoms with E-state index in [0.717, 1.165) is 41.5 Å². The van der Waals surface area contributed by atoms with Crippen molar-refractivity contribution < 1.29 is 9.15 Å². The maximum Gasteiger partial charge on any atom is 0.227 e. The van der Waals surface area contributed by atoms with Gasteiger partial charge in [-0.2, -0.15) is 0 Å². The van der Waals surface area contributed by atoms with Crippen molar-refractivity contribution in [2.24, 2.45) is 5.73 Å². The molecule has 1 saturated carbocycles. The van der Waals surface area contributed by atoms with Crippen LogP contribution in [0.15, 0.2) is 52.9 Å². The lowest BCUT2D eigenvalue weighted by molar-refractivity contribution is 0.0123. The minimum atomic E-state index is 0.297. The number of hydrogen-bond donors (Lipinski definition) is 1. The smallest absolute Gasteiger partial charge is 0.227 e. The first-order valence-corrected chi connectivity index (χ1v) is 8.60. The van der Waals surface area contributed by atoms with Crippen LogP contribution in [0.3, 0.4) is 0 Å². The maximum absolute atomic E-state index is 6.01. The van der Waals surface area contributed by atoms with Gasteiger partial charge in [0.25, 0.3) is 0 Å². The third kappa shape index (κ3) is 3.35. The van der Waals surface area contributed by atoms with Gasteiger partial charge in [0.05, 0.1) is 12.7 Å². The maximum atomic E-state index is 6.01. The van der Waals surface area contributed by atoms with Crippen LogP contribution in [-0.2, 0) is 11.3 Å². The second-order valence-electron chi connectivity index (χ2n) is 6.54. The summed E-state index contributed by atoms with van der Waals surface area (Å²) in [6, 6.07) is 16.3. The molecule has 4 heteroatoms. The molecule has 2 N–H and O–H groups in total. The van der Waals surface area contributed by atoms with Gasteiger partial charge >= 0.3 is 0 Å². The zero-order valence-corrected chi connectivity index (χ0v) is 13.7. The molecule has 0 amide bonds. The second-order valence-corrected chi connectivity index (χ2v) is 6.54. The summed E-state index contributed by atoms with van der Waals surface area (Å²) in [5.41, 5.74) is 9.85. The van der Waals surface area contributed by atoms with E-state index in [9.17, 15) is 0 Å². The normalized spacial score (nSPS) is 21.2. The highest BCUT2D eigenvalue weighted by Crippen LogP contribution is 2.25. The van der Waals surface area contributed by atoms with E-state index in [0.29, 0.717) is 24.6 Å². The molecule has 1 aliphatic rings. The molecule has 4 rings (SSSR count). The fourth-order valence-electron chi connectivity index (χ4n) is 3.29. The Balaban J connectivity index is 1.42. The topological polar surface area (TPSA) is 61.3 Å². The van der Waals surface area contributed by atoms with Crippen LogP contribution < -0.4 is 5.73 Å². The van der Waals surface area contributed by atoms with Crippen molar-refractivity contribution in [2.45, 2.75) is 44.4 Å². The highest BCUT2D eigenvalue weighted by atomic mass is 16.5. The number of para-hydroxylation sites is 2. The number of hydrogen-bond acceptors (Lipinski definition) is 4. The van der Waals surface area contributed by atoms with Crippen molar-refractivity contribution in [2.75, 3.05) is 0 Å². The molecule has 1 aliphatic carbocycles. The molecular formula is C20H22N2O2. The number of nitrogens with zero attached hydrogens (tertiary/aromatic N) is 1. The average molecular weight is 322 g/mol. The van der Waals surface area contributed by atoms with E-state index in [1.165, 1.54) is 6.42 Å². The quantitative estimate of drug-likeness (QED) is 0.778. The predicted octanol–water partition coefficient (Wildman–Crippen LogP) is 4.28. The summed E-state index contributed by atoms with van der Waals surface area (Å²) in [6.07, 6.45) is 4.68. The number of benzene rings is 2. The van der Waals surface area contributed by atoms with Gasteiger partial charge in [0.15, 0.2) is 5.58 Å². The van der Waals surface area contributed by atoms with Gasteiger partial charge in [0, 0.05) is 11.6 Å². The van der Waals surface area contributed by atoms with E-state index in [4.69, 9.17) is 14.9 Å². The van der Waals surface area contributed by atoms with Gasteiger partial charge in [-0.25, -0.2) is 4.98 Å². The monoisotopic (exact) mass is 322 g/mol. The fourth-order valence-corrected chi connectivity index (χ4v) is 3.29. The van der Waals surface area contributed by atoms with E-state index in [2.05, 4.69) is 17.1 Å². The molecule has 0 radical (unpaired) electrons. The Morgan fingerprint density at radius 1 is 1.08 bits per heavy atom. The molecule has 4 nitrogen and oxygen atoms in total. The Morgan fingerprint density at radius 3 is 2.71 bits per heavy atom. The summed E-state index contributed by atoms with van der Waals surface area (Å²) in [6.45, 7) is 0.630. The molecular weight excluding hydrogens is 300 g/mol. The molecule has 24 heavy (non-hydrogen) atoms. The largest absolute Gasteiger partial charge is 0.436 e. The Morgan fingerprint density at radius 2 is 1.92 bits per heavy atom. The Bertz CT molecular complexity index is 777. The fraction of sp³-hybridized carbons (Fsp3) is 0.350. The van der Waals surface area contributed by atoms with Crippen LogP contribution in [0.25, 0.3) is 22.6 Å². The lowest BCUT2D eigenvalue weighted by atomic mass is 9.93. The first-order valence-electron chi connectivity index (χ1n) is 8.60. The second kappa shape index (κ2) is 6.75. The third-order valence-electron chi connectivity index (χ3n) is 4.65. The minimum absolute atomic E-state index is 0.297. The van der Waals surface area contributed by atoms with Crippen molar-refractivity contribution in [3.63, 3.8) is 0 Å². The van der Waals surface area contributed by atoms with Gasteiger partial charge in [0.1, 0.15) is 5.52 Å². The van der Waals surface area contributed by atoms with Gasteiger partial charge in [-0.1, -0.05) is 24.3 Å². The zero-order valence-electron chi connectivity index (χ0n) is 13.7. The van der Waals surface area contributed by atoms with Crippen LogP contribution in [0.5, 0.6) is 0 Å². The average Bonchev–Trinajstić information content (AvgIpc) is 3.05. The summed E-state index contributed by atoms with van der Waals surface area (Å²) in [4.78, 5) is 4.53. The van der Waals surface area contributed by atoms with Crippen LogP contribution in [0.2, 0.25) is 0 Å². The molecule has 1 fully saturated rings. The lowest BCUT2D eigenvalue weighted by Gasteiger charge is -2.26. The number of nitrogens with two attached hydrogens (primary N) is 1. The van der Waals surface area contributed by atoms with Crippen molar-refractivity contribution in [1.29, 1.82) is 0 Å². The van der Waals surface area contributed by atoms with Crippen LogP contribution in [-0.4, -0.2) is 17.1 Å². The molecule has 0 saturated heterocycles. The zero-order chi connectivity index (χ0) is 16.4. The Labute approximate surface area is 141 Å². The molecule has 2 aromatic carbocycles. The number of fused-ring (bicyclic) bond motifs is 1. The van der Waals surface area contributed by atoms with E-state index in [1.807, 2.05) is 36.4 Å². The molecule has 0 bridgehead atoms. The van der Waals surface area contributed by atoms with Crippen molar-refractivity contribution in [3.05, 3.63) is 54.1 Å². The van der Waals surface area contributed by atoms with Gasteiger partial charge in [-0.3, -0.25) is 0 Å². The van der Waals surface area contributed by atoms with Gasteiger partial charge in [-0.05, 0) is 55.5 Å². The molecule has 0 spiro atoms. The third-order valence-corrected chi connectivity index (χ3v) is 4.65. The summed E-state index contributed by atoms with van der Waals surface area (Å²) in [5, 5.41) is 0.